The SMILES string of the molecule is CCCC(NCC)(O[N+](=O)[O-])C(=O)O. The Kier molecular flexibility index (Phi) is 4.85. The summed E-state index contributed by atoms with van der Waals surface area (Å²) in [6, 6.07) is 0. The second-order valence-electron chi connectivity index (χ2n) is 2.73. The minimum absolute atomic E-state index is 0.0388. The maximum absolute atomic E-state index is 10.8. The van der Waals surface area contributed by atoms with E-state index < -0.39 is 16.8 Å². The molecule has 0 rings (SSSR count). The summed E-state index contributed by atoms with van der Waals surface area (Å²) in [7, 11) is 0. The normalized spacial score (nSPS) is 14.4. The molecule has 0 aromatic heterocycles. The number of hydrogen-bond donors (Lipinski definition) is 2. The van der Waals surface area contributed by atoms with Crippen molar-refractivity contribution in [3.05, 3.63) is 10.1 Å². The average Bonchev–Trinajstić information content (AvgIpc) is 2.03. The van der Waals surface area contributed by atoms with E-state index in [2.05, 4.69) is 10.2 Å². The van der Waals surface area contributed by atoms with Crippen LogP contribution in [0.4, 0.5) is 0 Å². The Balaban J connectivity index is 4.73. The molecule has 0 aliphatic rings. The van der Waals surface area contributed by atoms with Gasteiger partial charge < -0.3 is 5.11 Å². The van der Waals surface area contributed by atoms with E-state index in [9.17, 15) is 14.9 Å². The van der Waals surface area contributed by atoms with Crippen molar-refractivity contribution in [1.29, 1.82) is 0 Å². The highest BCUT2D eigenvalue weighted by atomic mass is 17.0. The Labute approximate surface area is 81.2 Å². The van der Waals surface area contributed by atoms with Gasteiger partial charge in [0.2, 0.25) is 0 Å². The van der Waals surface area contributed by atoms with Crippen LogP contribution in [0, 0.1) is 10.1 Å². The van der Waals surface area contributed by atoms with Crippen LogP contribution in [0.2, 0.25) is 0 Å². The number of carbonyl (C=O) groups is 1. The molecule has 2 N–H and O–H groups in total. The first-order chi connectivity index (χ1) is 6.48. The maximum atomic E-state index is 10.8. The summed E-state index contributed by atoms with van der Waals surface area (Å²) in [5, 5.41) is 20.4. The molecule has 0 aliphatic heterocycles. The Morgan fingerprint density at radius 3 is 2.50 bits per heavy atom. The second kappa shape index (κ2) is 5.38. The van der Waals surface area contributed by atoms with Crippen LogP contribution in [-0.4, -0.2) is 28.4 Å². The van der Waals surface area contributed by atoms with Gasteiger partial charge in [0.25, 0.3) is 10.8 Å². The number of rotatable bonds is 7. The molecule has 0 aromatic carbocycles. The first-order valence-corrected chi connectivity index (χ1v) is 4.30. The summed E-state index contributed by atoms with van der Waals surface area (Å²) in [6.45, 7) is 3.65. The van der Waals surface area contributed by atoms with Gasteiger partial charge in [0.05, 0.1) is 0 Å². The molecule has 0 saturated heterocycles. The molecule has 7 nitrogen and oxygen atoms in total. The smallest absolute Gasteiger partial charge is 0.351 e. The first-order valence-electron chi connectivity index (χ1n) is 4.30. The van der Waals surface area contributed by atoms with Crippen LogP contribution in [-0.2, 0) is 9.63 Å². The predicted molar refractivity (Wildman–Crippen MR) is 47.0 cm³/mol. The predicted octanol–water partition coefficient (Wildman–Crippen LogP) is 0.385. The van der Waals surface area contributed by atoms with Gasteiger partial charge in [-0.2, -0.15) is 0 Å². The summed E-state index contributed by atoms with van der Waals surface area (Å²) < 4.78 is 0. The van der Waals surface area contributed by atoms with Crippen LogP contribution in [0.1, 0.15) is 26.7 Å². The molecule has 0 spiro atoms. The van der Waals surface area contributed by atoms with Crippen molar-refractivity contribution in [3.63, 3.8) is 0 Å². The number of nitrogens with one attached hydrogen (secondary N) is 1. The molecule has 14 heavy (non-hydrogen) atoms. The monoisotopic (exact) mass is 206 g/mol. The molecule has 7 heteroatoms. The fraction of sp³-hybridized carbons (Fsp3) is 0.857. The fourth-order valence-electron chi connectivity index (χ4n) is 1.15. The van der Waals surface area contributed by atoms with Crippen molar-refractivity contribution in [3.8, 4) is 0 Å². The Hall–Kier alpha value is -1.37. The number of carboxylic acids is 1. The van der Waals surface area contributed by atoms with Gasteiger partial charge in [-0.05, 0) is 6.54 Å². The molecule has 82 valence electrons. The summed E-state index contributed by atoms with van der Waals surface area (Å²) in [4.78, 5) is 25.2. The summed E-state index contributed by atoms with van der Waals surface area (Å²) in [5.74, 6) is -1.38. The topological polar surface area (TPSA) is 102 Å². The van der Waals surface area contributed by atoms with Crippen LogP contribution in [0.15, 0.2) is 0 Å². The highest BCUT2D eigenvalue weighted by Crippen LogP contribution is 2.15. The highest BCUT2D eigenvalue weighted by molar-refractivity contribution is 5.76. The van der Waals surface area contributed by atoms with Crippen LogP contribution < -0.4 is 5.32 Å². The lowest BCUT2D eigenvalue weighted by atomic mass is 10.1. The molecule has 0 radical (unpaired) electrons. The quantitative estimate of drug-likeness (QED) is 0.355. The van der Waals surface area contributed by atoms with Crippen LogP contribution in [0.3, 0.4) is 0 Å². The largest absolute Gasteiger partial charge is 0.478 e. The fourth-order valence-corrected chi connectivity index (χ4v) is 1.15. The third-order valence-electron chi connectivity index (χ3n) is 1.64. The standard InChI is InChI=1S/C7H14N2O5/c1-3-5-7(6(10)11,8-4-2)14-9(12)13/h8H,3-5H2,1-2H3,(H,10,11). The minimum atomic E-state index is -1.91. The van der Waals surface area contributed by atoms with Gasteiger partial charge in [-0.25, -0.2) is 4.79 Å². The van der Waals surface area contributed by atoms with Gasteiger partial charge in [-0.1, -0.05) is 20.3 Å². The lowest BCUT2D eigenvalue weighted by molar-refractivity contribution is -0.779. The molecular weight excluding hydrogens is 192 g/mol. The number of hydrogen-bond acceptors (Lipinski definition) is 5. The zero-order chi connectivity index (χ0) is 11.2. The van der Waals surface area contributed by atoms with E-state index >= 15 is 0 Å². The van der Waals surface area contributed by atoms with Gasteiger partial charge in [0.1, 0.15) is 0 Å². The van der Waals surface area contributed by atoms with Crippen molar-refractivity contribution < 1.29 is 19.8 Å². The van der Waals surface area contributed by atoms with E-state index in [4.69, 9.17) is 5.11 Å². The summed E-state index contributed by atoms with van der Waals surface area (Å²) in [5.41, 5.74) is -1.91. The van der Waals surface area contributed by atoms with E-state index in [1.165, 1.54) is 0 Å². The third kappa shape index (κ3) is 3.17. The van der Waals surface area contributed by atoms with E-state index in [0.29, 0.717) is 6.42 Å². The molecule has 0 amide bonds. The van der Waals surface area contributed by atoms with Gasteiger partial charge >= 0.3 is 5.97 Å². The lowest BCUT2D eigenvalue weighted by Crippen LogP contribution is -2.55. The van der Waals surface area contributed by atoms with Crippen LogP contribution >= 0.6 is 0 Å². The van der Waals surface area contributed by atoms with Gasteiger partial charge in [0, 0.05) is 6.42 Å². The van der Waals surface area contributed by atoms with Gasteiger partial charge in [-0.15, -0.1) is 10.1 Å². The molecule has 0 aliphatic carbocycles. The molecule has 0 heterocycles. The van der Waals surface area contributed by atoms with Gasteiger partial charge in [-0.3, -0.25) is 10.2 Å². The Bertz CT molecular complexity index is 212. The molecule has 0 aromatic rings. The molecule has 0 saturated carbocycles. The summed E-state index contributed by atoms with van der Waals surface area (Å²) in [6.07, 6.45) is 0.504. The van der Waals surface area contributed by atoms with E-state index in [0.717, 1.165) is 0 Å². The number of carboxylic acid groups (broad SMARTS) is 1. The summed E-state index contributed by atoms with van der Waals surface area (Å²) >= 11 is 0. The van der Waals surface area contributed by atoms with Crippen molar-refractivity contribution in [2.45, 2.75) is 32.4 Å². The number of nitrogens with zero attached hydrogens (tertiary/aromatic N) is 1. The first kappa shape index (κ1) is 12.6. The zero-order valence-corrected chi connectivity index (χ0v) is 8.15. The van der Waals surface area contributed by atoms with E-state index in [1.807, 2.05) is 0 Å². The lowest BCUT2D eigenvalue weighted by Gasteiger charge is -2.26. The molecule has 0 bridgehead atoms. The Morgan fingerprint density at radius 1 is 1.64 bits per heavy atom. The highest BCUT2D eigenvalue weighted by Gasteiger charge is 2.41. The maximum Gasteiger partial charge on any atom is 0.351 e. The Morgan fingerprint density at radius 2 is 2.21 bits per heavy atom. The zero-order valence-electron chi connectivity index (χ0n) is 8.15. The number of aliphatic carboxylic acids is 1. The second-order valence-corrected chi connectivity index (χ2v) is 2.73. The van der Waals surface area contributed by atoms with Crippen molar-refractivity contribution in [2.24, 2.45) is 0 Å². The minimum Gasteiger partial charge on any atom is -0.478 e. The number of likely N-dealkylation sites (N-methyl/N-ethyl adjacent to an activating group) is 1. The average molecular weight is 206 g/mol. The molecule has 1 unspecified atom stereocenters. The van der Waals surface area contributed by atoms with Crippen molar-refractivity contribution in [1.82, 2.24) is 5.32 Å². The van der Waals surface area contributed by atoms with E-state index in [1.54, 1.807) is 13.8 Å². The van der Waals surface area contributed by atoms with Gasteiger partial charge in [0.15, 0.2) is 0 Å². The van der Waals surface area contributed by atoms with Crippen molar-refractivity contribution in [2.75, 3.05) is 6.54 Å². The molecule has 1 atom stereocenters. The molecular formula is C7H14N2O5. The van der Waals surface area contributed by atoms with Crippen LogP contribution in [0.25, 0.3) is 0 Å². The third-order valence-corrected chi connectivity index (χ3v) is 1.64. The van der Waals surface area contributed by atoms with Crippen molar-refractivity contribution >= 4 is 5.97 Å². The van der Waals surface area contributed by atoms with Crippen LogP contribution in [0.5, 0.6) is 0 Å². The molecule has 0 fully saturated rings. The van der Waals surface area contributed by atoms with E-state index in [-0.39, 0.29) is 13.0 Å².